The summed E-state index contributed by atoms with van der Waals surface area (Å²) in [4.78, 5) is 47.0. The second kappa shape index (κ2) is 12.6. The number of H-pyrrole nitrogens is 1. The lowest BCUT2D eigenvalue weighted by molar-refractivity contribution is -0.194. The van der Waals surface area contributed by atoms with E-state index in [1.165, 1.54) is 12.8 Å². The summed E-state index contributed by atoms with van der Waals surface area (Å²) in [7, 11) is 0. The molecule has 0 saturated heterocycles. The van der Waals surface area contributed by atoms with Gasteiger partial charge in [-0.2, -0.15) is 0 Å². The number of carbonyl (C=O) groups is 3. The Balaban J connectivity index is 1.05. The zero-order valence-electron chi connectivity index (χ0n) is 31.2. The number of aldehydes is 1. The first-order valence-electron chi connectivity index (χ1n) is 19.5. The van der Waals surface area contributed by atoms with E-state index in [0.717, 1.165) is 81.2 Å². The fraction of sp³-hybridized carbons (Fsp3) is 0.714. The van der Waals surface area contributed by atoms with Crippen LogP contribution in [0.5, 0.6) is 0 Å². The Morgan fingerprint density at radius 2 is 1.64 bits per heavy atom. The standard InChI is InChI=1S/C42H60N4O4/c1-38(2,25-47)23-34(48)50-32-18-21-41(6)30(35(32)43)16-20-40(5)28-17-22-42(19-10-13-29(42)27(28)14-15-33(40)41)37(49)46-39(3,4)36-44-24-31(45-36)26-11-8-7-9-12-26/h7-9,11-12,24-25,27-30,32-33,35H,10,13-23,43H2,1-6H3,(H,44,45)(H,46,49). The highest BCUT2D eigenvalue weighted by molar-refractivity contribution is 5.84. The molecule has 5 saturated carbocycles. The van der Waals surface area contributed by atoms with Gasteiger partial charge in [-0.05, 0) is 124 Å². The Labute approximate surface area is 298 Å². The van der Waals surface area contributed by atoms with Crippen LogP contribution in [0.3, 0.4) is 0 Å². The number of rotatable bonds is 8. The van der Waals surface area contributed by atoms with Crippen molar-refractivity contribution < 1.29 is 19.1 Å². The molecule has 8 heteroatoms. The first kappa shape index (κ1) is 35.4. The zero-order chi connectivity index (χ0) is 35.7. The number of aromatic nitrogens is 2. The molecule has 1 amide bonds. The number of aromatic amines is 1. The summed E-state index contributed by atoms with van der Waals surface area (Å²) in [5.74, 6) is 3.19. The zero-order valence-corrected chi connectivity index (χ0v) is 31.2. The van der Waals surface area contributed by atoms with Crippen molar-refractivity contribution in [1.82, 2.24) is 15.3 Å². The molecule has 1 heterocycles. The molecule has 0 bridgehead atoms. The van der Waals surface area contributed by atoms with E-state index in [0.29, 0.717) is 29.6 Å². The van der Waals surface area contributed by atoms with Crippen LogP contribution < -0.4 is 11.1 Å². The monoisotopic (exact) mass is 684 g/mol. The highest BCUT2D eigenvalue weighted by atomic mass is 16.5. The molecule has 7 rings (SSSR count). The van der Waals surface area contributed by atoms with E-state index in [-0.39, 0.29) is 46.7 Å². The van der Waals surface area contributed by atoms with E-state index < -0.39 is 11.0 Å². The molecular formula is C42H60N4O4. The number of hydrogen-bond donors (Lipinski definition) is 3. The van der Waals surface area contributed by atoms with Gasteiger partial charge in [0, 0.05) is 11.5 Å². The maximum absolute atomic E-state index is 14.6. The van der Waals surface area contributed by atoms with Gasteiger partial charge in [0.25, 0.3) is 0 Å². The van der Waals surface area contributed by atoms with Gasteiger partial charge in [-0.1, -0.05) is 64.4 Å². The van der Waals surface area contributed by atoms with Gasteiger partial charge in [-0.25, -0.2) is 4.98 Å². The number of carbonyl (C=O) groups excluding carboxylic acids is 3. The molecule has 0 aliphatic heterocycles. The van der Waals surface area contributed by atoms with Crippen LogP contribution >= 0.6 is 0 Å². The normalized spacial score (nSPS) is 38.2. The summed E-state index contributed by atoms with van der Waals surface area (Å²) in [5.41, 5.74) is 7.73. The fourth-order valence-electron chi connectivity index (χ4n) is 12.5. The summed E-state index contributed by atoms with van der Waals surface area (Å²) in [6.07, 6.45) is 14.2. The van der Waals surface area contributed by atoms with Crippen molar-refractivity contribution in [2.45, 2.75) is 136 Å². The first-order valence-corrected chi connectivity index (χ1v) is 19.5. The van der Waals surface area contributed by atoms with Crippen molar-refractivity contribution in [3.8, 4) is 11.3 Å². The third-order valence-corrected chi connectivity index (χ3v) is 15.0. The van der Waals surface area contributed by atoms with E-state index in [1.807, 2.05) is 24.4 Å². The van der Waals surface area contributed by atoms with Crippen molar-refractivity contribution in [1.29, 1.82) is 0 Å². The van der Waals surface area contributed by atoms with Gasteiger partial charge < -0.3 is 25.6 Å². The van der Waals surface area contributed by atoms with Gasteiger partial charge in [0.15, 0.2) is 0 Å². The van der Waals surface area contributed by atoms with Gasteiger partial charge >= 0.3 is 5.97 Å². The molecular weight excluding hydrogens is 624 g/mol. The van der Waals surface area contributed by atoms with Gasteiger partial charge in [-0.15, -0.1) is 0 Å². The van der Waals surface area contributed by atoms with Crippen molar-refractivity contribution >= 4 is 18.2 Å². The van der Waals surface area contributed by atoms with Crippen LogP contribution in [0.1, 0.15) is 124 Å². The predicted octanol–water partition coefficient (Wildman–Crippen LogP) is 7.72. The van der Waals surface area contributed by atoms with Crippen LogP contribution in [-0.2, 0) is 24.7 Å². The quantitative estimate of drug-likeness (QED) is 0.193. The van der Waals surface area contributed by atoms with Crippen molar-refractivity contribution in [3.63, 3.8) is 0 Å². The molecule has 1 aromatic carbocycles. The molecule has 0 radical (unpaired) electrons. The molecule has 5 fully saturated rings. The van der Waals surface area contributed by atoms with E-state index in [2.05, 4.69) is 50.1 Å². The molecule has 8 nitrogen and oxygen atoms in total. The number of benzene rings is 1. The minimum atomic E-state index is -0.727. The lowest BCUT2D eigenvalue weighted by Gasteiger charge is -2.67. The second-order valence-electron chi connectivity index (χ2n) is 18.8. The second-order valence-corrected chi connectivity index (χ2v) is 18.8. The Morgan fingerprint density at radius 1 is 0.940 bits per heavy atom. The number of fused-ring (bicyclic) bond motifs is 7. The number of amides is 1. The molecule has 4 N–H and O–H groups in total. The van der Waals surface area contributed by atoms with Crippen molar-refractivity contribution in [2.75, 3.05) is 0 Å². The Kier molecular flexibility index (Phi) is 8.92. The van der Waals surface area contributed by atoms with E-state index in [4.69, 9.17) is 15.5 Å². The van der Waals surface area contributed by atoms with Crippen molar-refractivity contribution in [2.24, 2.45) is 57.0 Å². The summed E-state index contributed by atoms with van der Waals surface area (Å²) in [6, 6.07) is 10.0. The molecule has 50 heavy (non-hydrogen) atoms. The number of nitrogens with two attached hydrogens (primary N) is 1. The van der Waals surface area contributed by atoms with Crippen LogP contribution in [0, 0.1) is 51.2 Å². The fourth-order valence-corrected chi connectivity index (χ4v) is 12.5. The van der Waals surface area contributed by atoms with Gasteiger partial charge in [-0.3, -0.25) is 9.59 Å². The Bertz CT molecular complexity index is 1600. The lowest BCUT2D eigenvalue weighted by atomic mass is 9.38. The van der Waals surface area contributed by atoms with E-state index in [9.17, 15) is 14.4 Å². The average Bonchev–Trinajstić information content (AvgIpc) is 3.76. The van der Waals surface area contributed by atoms with Gasteiger partial charge in [0.05, 0.1) is 29.3 Å². The van der Waals surface area contributed by atoms with E-state index >= 15 is 0 Å². The Hall–Kier alpha value is -3.00. The van der Waals surface area contributed by atoms with Crippen LogP contribution in [0.4, 0.5) is 0 Å². The highest BCUT2D eigenvalue weighted by Crippen LogP contribution is 2.71. The molecule has 10 unspecified atom stereocenters. The number of nitrogens with one attached hydrogen (secondary N) is 2. The predicted molar refractivity (Wildman–Crippen MR) is 194 cm³/mol. The van der Waals surface area contributed by atoms with E-state index in [1.54, 1.807) is 13.8 Å². The van der Waals surface area contributed by atoms with Crippen LogP contribution in [0.15, 0.2) is 36.5 Å². The smallest absolute Gasteiger partial charge is 0.307 e. The molecule has 10 atom stereocenters. The SMILES string of the molecule is CC(C)(C=O)CC(=O)OC1CCC2(C)C(CCC3(C)C4CCC5(C(=O)NC(C)(C)c6ncc(-c7ccccc7)[nH]6)CCCC5C4CCC23)C1N. The summed E-state index contributed by atoms with van der Waals surface area (Å²) in [6.45, 7) is 12.8. The minimum absolute atomic E-state index is 0.0850. The topological polar surface area (TPSA) is 127 Å². The van der Waals surface area contributed by atoms with Crippen LogP contribution in [0.25, 0.3) is 11.3 Å². The molecule has 1 aromatic heterocycles. The summed E-state index contributed by atoms with van der Waals surface area (Å²) >= 11 is 0. The number of esters is 1. The minimum Gasteiger partial charge on any atom is -0.461 e. The molecule has 5 aliphatic carbocycles. The molecule has 272 valence electrons. The van der Waals surface area contributed by atoms with Gasteiger partial charge in [0.2, 0.25) is 5.91 Å². The number of hydrogen-bond acceptors (Lipinski definition) is 6. The largest absolute Gasteiger partial charge is 0.461 e. The van der Waals surface area contributed by atoms with Crippen LogP contribution in [0.2, 0.25) is 0 Å². The maximum Gasteiger partial charge on any atom is 0.307 e. The highest BCUT2D eigenvalue weighted by Gasteiger charge is 2.66. The lowest BCUT2D eigenvalue weighted by Crippen LogP contribution is -2.65. The molecule has 2 aromatic rings. The average molecular weight is 685 g/mol. The van der Waals surface area contributed by atoms with Crippen LogP contribution in [-0.4, -0.2) is 40.3 Å². The Morgan fingerprint density at radius 3 is 2.38 bits per heavy atom. The third kappa shape index (κ3) is 5.76. The van der Waals surface area contributed by atoms with Crippen molar-refractivity contribution in [3.05, 3.63) is 42.4 Å². The van der Waals surface area contributed by atoms with Gasteiger partial charge in [0.1, 0.15) is 18.2 Å². The summed E-state index contributed by atoms with van der Waals surface area (Å²) in [5, 5.41) is 3.51. The maximum atomic E-state index is 14.6. The number of ether oxygens (including phenoxy) is 1. The first-order chi connectivity index (χ1) is 23.6. The molecule has 5 aliphatic rings. The number of imidazole rings is 1. The number of nitrogens with zero attached hydrogens (tertiary/aromatic N) is 1. The molecule has 0 spiro atoms. The third-order valence-electron chi connectivity index (χ3n) is 15.0. The summed E-state index contributed by atoms with van der Waals surface area (Å²) < 4.78 is 5.98.